The number of piperidine rings is 1. The minimum absolute atomic E-state index is 0.0933. The number of nitrogens with zero attached hydrogens (tertiary/aromatic N) is 2. The lowest BCUT2D eigenvalue weighted by Gasteiger charge is -2.32. The number of aromatic amines is 1. The Labute approximate surface area is 132 Å². The molecule has 116 valence electrons. The molecule has 22 heavy (non-hydrogen) atoms. The molecule has 1 aromatic carbocycles. The van der Waals surface area contributed by atoms with Gasteiger partial charge >= 0.3 is 5.69 Å². The molecule has 1 aromatic heterocycles. The van der Waals surface area contributed by atoms with Gasteiger partial charge in [-0.05, 0) is 43.9 Å². The van der Waals surface area contributed by atoms with Crippen molar-refractivity contribution in [2.45, 2.75) is 31.7 Å². The maximum absolute atomic E-state index is 12.3. The van der Waals surface area contributed by atoms with Crippen molar-refractivity contribution < 1.29 is 4.79 Å². The highest BCUT2D eigenvalue weighted by Crippen LogP contribution is 2.33. The van der Waals surface area contributed by atoms with Crippen LogP contribution in [0.5, 0.6) is 0 Å². The zero-order valence-corrected chi connectivity index (χ0v) is 13.0. The molecule has 2 fully saturated rings. The van der Waals surface area contributed by atoms with Crippen molar-refractivity contribution in [3.63, 3.8) is 0 Å². The SMILES string of the molecule is O=C(C1CC1)N1CCC(n2c(=O)[nH]c3cc(Cl)ccc32)CC1. The van der Waals surface area contributed by atoms with Gasteiger partial charge in [0.15, 0.2) is 0 Å². The Kier molecular flexibility index (Phi) is 3.26. The van der Waals surface area contributed by atoms with Gasteiger partial charge in [-0.25, -0.2) is 4.79 Å². The summed E-state index contributed by atoms with van der Waals surface area (Å²) in [7, 11) is 0. The van der Waals surface area contributed by atoms with Crippen molar-refractivity contribution in [3.8, 4) is 0 Å². The molecular formula is C16H18ClN3O2. The number of aromatic nitrogens is 2. The number of imidazole rings is 1. The number of carbonyl (C=O) groups excluding carboxylic acids is 1. The van der Waals surface area contributed by atoms with Crippen molar-refractivity contribution in [2.75, 3.05) is 13.1 Å². The summed E-state index contributed by atoms with van der Waals surface area (Å²) < 4.78 is 1.82. The van der Waals surface area contributed by atoms with Crippen LogP contribution in [0.15, 0.2) is 23.0 Å². The minimum Gasteiger partial charge on any atom is -0.342 e. The molecule has 0 atom stereocenters. The van der Waals surface area contributed by atoms with Gasteiger partial charge in [-0.15, -0.1) is 0 Å². The molecule has 1 aliphatic carbocycles. The summed E-state index contributed by atoms with van der Waals surface area (Å²) in [5, 5.41) is 0.616. The minimum atomic E-state index is -0.0933. The number of amides is 1. The number of hydrogen-bond donors (Lipinski definition) is 1. The van der Waals surface area contributed by atoms with Crippen molar-refractivity contribution >= 4 is 28.5 Å². The molecule has 4 rings (SSSR count). The summed E-state index contributed by atoms with van der Waals surface area (Å²) in [5.41, 5.74) is 1.57. The maximum atomic E-state index is 12.3. The van der Waals surface area contributed by atoms with E-state index in [-0.39, 0.29) is 17.6 Å². The van der Waals surface area contributed by atoms with E-state index >= 15 is 0 Å². The van der Waals surface area contributed by atoms with Gasteiger partial charge in [0, 0.05) is 30.1 Å². The van der Waals surface area contributed by atoms with E-state index in [2.05, 4.69) is 4.98 Å². The second-order valence-electron chi connectivity index (χ2n) is 6.29. The van der Waals surface area contributed by atoms with Crippen LogP contribution < -0.4 is 5.69 Å². The Morgan fingerprint density at radius 2 is 1.91 bits per heavy atom. The standard InChI is InChI=1S/C16H18ClN3O2/c17-11-3-4-14-13(9-11)18-16(22)20(14)12-5-7-19(8-6-12)15(21)10-1-2-10/h3-4,9-10,12H,1-2,5-8H2,(H,18,22). The summed E-state index contributed by atoms with van der Waals surface area (Å²) >= 11 is 5.98. The van der Waals surface area contributed by atoms with E-state index < -0.39 is 0 Å². The van der Waals surface area contributed by atoms with Gasteiger partial charge in [0.1, 0.15) is 0 Å². The normalized spacial score (nSPS) is 19.8. The van der Waals surface area contributed by atoms with Crippen molar-refractivity contribution in [3.05, 3.63) is 33.7 Å². The molecule has 0 radical (unpaired) electrons. The van der Waals surface area contributed by atoms with Crippen LogP contribution in [0.3, 0.4) is 0 Å². The highest BCUT2D eigenvalue weighted by molar-refractivity contribution is 6.31. The Morgan fingerprint density at radius 3 is 2.59 bits per heavy atom. The summed E-state index contributed by atoms with van der Waals surface area (Å²) in [6.07, 6.45) is 3.74. The first-order chi connectivity index (χ1) is 10.6. The molecule has 1 N–H and O–H groups in total. The zero-order chi connectivity index (χ0) is 15.3. The Hall–Kier alpha value is -1.75. The first kappa shape index (κ1) is 13.9. The molecule has 5 nitrogen and oxygen atoms in total. The van der Waals surface area contributed by atoms with Crippen molar-refractivity contribution in [1.82, 2.24) is 14.5 Å². The highest BCUT2D eigenvalue weighted by Gasteiger charge is 2.35. The Morgan fingerprint density at radius 1 is 1.18 bits per heavy atom. The molecule has 1 saturated heterocycles. The third-order valence-electron chi connectivity index (χ3n) is 4.75. The first-order valence-electron chi connectivity index (χ1n) is 7.82. The highest BCUT2D eigenvalue weighted by atomic mass is 35.5. The van der Waals surface area contributed by atoms with Crippen LogP contribution in [0.2, 0.25) is 5.02 Å². The molecular weight excluding hydrogens is 302 g/mol. The zero-order valence-electron chi connectivity index (χ0n) is 12.2. The first-order valence-corrected chi connectivity index (χ1v) is 8.20. The van der Waals surface area contributed by atoms with E-state index in [0.29, 0.717) is 10.9 Å². The molecule has 2 aliphatic rings. The lowest BCUT2D eigenvalue weighted by Crippen LogP contribution is -2.41. The average Bonchev–Trinajstić information content (AvgIpc) is 3.30. The predicted octanol–water partition coefficient (Wildman–Crippen LogP) is 2.56. The number of carbonyl (C=O) groups is 1. The monoisotopic (exact) mass is 319 g/mol. The second-order valence-corrected chi connectivity index (χ2v) is 6.73. The molecule has 0 spiro atoms. The number of benzene rings is 1. The van der Waals surface area contributed by atoms with Gasteiger partial charge in [-0.2, -0.15) is 0 Å². The molecule has 1 saturated carbocycles. The number of hydrogen-bond acceptors (Lipinski definition) is 2. The topological polar surface area (TPSA) is 58.1 Å². The van der Waals surface area contributed by atoms with Gasteiger partial charge in [-0.1, -0.05) is 11.6 Å². The lowest BCUT2D eigenvalue weighted by atomic mass is 10.0. The van der Waals surface area contributed by atoms with Crippen LogP contribution in [0.4, 0.5) is 0 Å². The summed E-state index contributed by atoms with van der Waals surface area (Å²) in [5.74, 6) is 0.575. The molecule has 2 heterocycles. The van der Waals surface area contributed by atoms with Crippen molar-refractivity contribution in [1.29, 1.82) is 0 Å². The van der Waals surface area contributed by atoms with E-state index in [0.717, 1.165) is 49.8 Å². The third kappa shape index (κ3) is 2.33. The quantitative estimate of drug-likeness (QED) is 0.925. The number of halogens is 1. The fourth-order valence-electron chi connectivity index (χ4n) is 3.40. The molecule has 2 aromatic rings. The van der Waals surface area contributed by atoms with Gasteiger partial charge in [0.2, 0.25) is 5.91 Å². The smallest absolute Gasteiger partial charge is 0.326 e. The lowest BCUT2D eigenvalue weighted by molar-refractivity contribution is -0.133. The molecule has 1 amide bonds. The van der Waals surface area contributed by atoms with Crippen LogP contribution in [0, 0.1) is 5.92 Å². The molecule has 0 unspecified atom stereocenters. The largest absolute Gasteiger partial charge is 0.342 e. The summed E-state index contributed by atoms with van der Waals surface area (Å²) in [6.45, 7) is 1.49. The van der Waals surface area contributed by atoms with Gasteiger partial charge in [0.25, 0.3) is 0 Å². The molecule has 1 aliphatic heterocycles. The van der Waals surface area contributed by atoms with Crippen LogP contribution in [0.1, 0.15) is 31.7 Å². The fourth-order valence-corrected chi connectivity index (χ4v) is 3.57. The maximum Gasteiger partial charge on any atom is 0.326 e. The Bertz CT molecular complexity index is 782. The van der Waals surface area contributed by atoms with E-state index in [1.807, 2.05) is 15.5 Å². The van der Waals surface area contributed by atoms with E-state index in [9.17, 15) is 9.59 Å². The summed E-state index contributed by atoms with van der Waals surface area (Å²) in [4.78, 5) is 29.2. The third-order valence-corrected chi connectivity index (χ3v) is 4.98. The van der Waals surface area contributed by atoms with E-state index in [1.54, 1.807) is 12.1 Å². The van der Waals surface area contributed by atoms with Gasteiger partial charge < -0.3 is 9.88 Å². The van der Waals surface area contributed by atoms with E-state index in [4.69, 9.17) is 11.6 Å². The molecule has 6 heteroatoms. The Balaban J connectivity index is 1.57. The van der Waals surface area contributed by atoms with Crippen LogP contribution >= 0.6 is 11.6 Å². The second kappa shape index (κ2) is 5.16. The predicted molar refractivity (Wildman–Crippen MR) is 85.1 cm³/mol. The average molecular weight is 320 g/mol. The summed E-state index contributed by atoms with van der Waals surface area (Å²) in [6, 6.07) is 5.61. The number of likely N-dealkylation sites (tertiary alicyclic amines) is 1. The fraction of sp³-hybridized carbons (Fsp3) is 0.500. The number of nitrogens with one attached hydrogen (secondary N) is 1. The van der Waals surface area contributed by atoms with Crippen LogP contribution in [-0.4, -0.2) is 33.4 Å². The number of fused-ring (bicyclic) bond motifs is 1. The van der Waals surface area contributed by atoms with E-state index in [1.165, 1.54) is 0 Å². The molecule has 0 bridgehead atoms. The van der Waals surface area contributed by atoms with Crippen LogP contribution in [0.25, 0.3) is 11.0 Å². The van der Waals surface area contributed by atoms with Gasteiger partial charge in [-0.3, -0.25) is 9.36 Å². The van der Waals surface area contributed by atoms with Gasteiger partial charge in [0.05, 0.1) is 11.0 Å². The van der Waals surface area contributed by atoms with Crippen molar-refractivity contribution in [2.24, 2.45) is 5.92 Å². The number of rotatable bonds is 2. The van der Waals surface area contributed by atoms with Crippen LogP contribution in [-0.2, 0) is 4.79 Å². The number of H-pyrrole nitrogens is 1.